The third kappa shape index (κ3) is 1.86. The molecule has 5 heteroatoms. The number of aliphatic hydroxyl groups excluding tert-OH is 1. The largest absolute Gasteiger partial charge is 0.495 e. The molecule has 1 aliphatic carbocycles. The van der Waals surface area contributed by atoms with Crippen molar-refractivity contribution >= 4 is 5.97 Å². The van der Waals surface area contributed by atoms with E-state index in [1.54, 1.807) is 25.4 Å². The molecule has 1 heterocycles. The van der Waals surface area contributed by atoms with E-state index < -0.39 is 17.5 Å². The highest BCUT2D eigenvalue weighted by molar-refractivity contribution is 5.77. The van der Waals surface area contributed by atoms with Gasteiger partial charge >= 0.3 is 5.97 Å². The second kappa shape index (κ2) is 4.33. The van der Waals surface area contributed by atoms with E-state index in [0.29, 0.717) is 24.3 Å². The van der Waals surface area contributed by atoms with E-state index in [-0.39, 0.29) is 0 Å². The highest BCUT2D eigenvalue weighted by atomic mass is 16.5. The van der Waals surface area contributed by atoms with Gasteiger partial charge in [-0.3, -0.25) is 4.98 Å². The lowest BCUT2D eigenvalue weighted by Gasteiger charge is -2.21. The number of esters is 1. The third-order valence-corrected chi connectivity index (χ3v) is 3.20. The van der Waals surface area contributed by atoms with Crippen molar-refractivity contribution in [1.29, 1.82) is 0 Å². The highest BCUT2D eigenvalue weighted by Gasteiger charge is 2.56. The fourth-order valence-electron chi connectivity index (χ4n) is 2.04. The second-order valence-electron chi connectivity index (χ2n) is 4.14. The Kier molecular flexibility index (Phi) is 3.02. The summed E-state index contributed by atoms with van der Waals surface area (Å²) in [6.45, 7) is 0. The molecular weight excluding hydrogens is 222 g/mol. The molecule has 1 fully saturated rings. The number of rotatable bonds is 4. The van der Waals surface area contributed by atoms with Crippen molar-refractivity contribution in [3.63, 3.8) is 0 Å². The summed E-state index contributed by atoms with van der Waals surface area (Å²) in [4.78, 5) is 15.7. The molecule has 1 aromatic rings. The number of hydrogen-bond acceptors (Lipinski definition) is 5. The number of carbonyl (C=O) groups excluding carboxylic acids is 1. The lowest BCUT2D eigenvalue weighted by atomic mass is 9.93. The van der Waals surface area contributed by atoms with Gasteiger partial charge in [-0.2, -0.15) is 0 Å². The van der Waals surface area contributed by atoms with Crippen molar-refractivity contribution in [3.05, 3.63) is 24.0 Å². The average Bonchev–Trinajstić information content (AvgIpc) is 3.18. The number of carbonyl (C=O) groups is 1. The van der Waals surface area contributed by atoms with Gasteiger partial charge in [0, 0.05) is 6.20 Å². The van der Waals surface area contributed by atoms with Crippen LogP contribution in [0.4, 0.5) is 0 Å². The van der Waals surface area contributed by atoms with Crippen molar-refractivity contribution in [3.8, 4) is 5.75 Å². The van der Waals surface area contributed by atoms with E-state index in [1.165, 1.54) is 7.11 Å². The van der Waals surface area contributed by atoms with E-state index in [9.17, 15) is 9.90 Å². The summed E-state index contributed by atoms with van der Waals surface area (Å²) in [5.74, 6) is -0.0387. The van der Waals surface area contributed by atoms with Crippen molar-refractivity contribution in [2.24, 2.45) is 0 Å². The Morgan fingerprint density at radius 1 is 1.53 bits per heavy atom. The number of aromatic nitrogens is 1. The third-order valence-electron chi connectivity index (χ3n) is 3.20. The number of hydrogen-bond donors (Lipinski definition) is 1. The molecule has 0 radical (unpaired) electrons. The molecule has 17 heavy (non-hydrogen) atoms. The van der Waals surface area contributed by atoms with Crippen LogP contribution in [0.5, 0.6) is 5.75 Å². The average molecular weight is 237 g/mol. The Hall–Kier alpha value is -1.62. The number of methoxy groups -OCH3 is 2. The fraction of sp³-hybridized carbons (Fsp3) is 0.500. The van der Waals surface area contributed by atoms with Crippen molar-refractivity contribution in [2.45, 2.75) is 24.4 Å². The van der Waals surface area contributed by atoms with Crippen LogP contribution in [0.2, 0.25) is 0 Å². The van der Waals surface area contributed by atoms with Gasteiger partial charge in [-0.25, -0.2) is 4.79 Å². The van der Waals surface area contributed by atoms with Crippen LogP contribution in [0.3, 0.4) is 0 Å². The minimum absolute atomic E-state index is 0.591. The zero-order valence-electron chi connectivity index (χ0n) is 9.84. The lowest BCUT2D eigenvalue weighted by molar-refractivity contribution is -0.152. The molecule has 0 amide bonds. The summed E-state index contributed by atoms with van der Waals surface area (Å²) >= 11 is 0. The molecule has 1 atom stereocenters. The van der Waals surface area contributed by atoms with E-state index in [2.05, 4.69) is 9.72 Å². The van der Waals surface area contributed by atoms with Gasteiger partial charge < -0.3 is 14.6 Å². The SMILES string of the molecule is COC(=O)C(O)C1(c2ncccc2OC)CC1. The van der Waals surface area contributed by atoms with Crippen LogP contribution in [0.25, 0.3) is 0 Å². The number of pyridine rings is 1. The maximum absolute atomic E-state index is 11.4. The summed E-state index contributed by atoms with van der Waals surface area (Å²) in [5.41, 5.74) is -0.0138. The van der Waals surface area contributed by atoms with Gasteiger partial charge in [-0.15, -0.1) is 0 Å². The first-order valence-corrected chi connectivity index (χ1v) is 5.41. The maximum Gasteiger partial charge on any atom is 0.335 e. The molecule has 1 saturated carbocycles. The van der Waals surface area contributed by atoms with Gasteiger partial charge in [-0.05, 0) is 25.0 Å². The van der Waals surface area contributed by atoms with Gasteiger partial charge in [0.1, 0.15) is 5.75 Å². The summed E-state index contributed by atoms with van der Waals surface area (Å²) in [6, 6.07) is 3.52. The molecule has 5 nitrogen and oxygen atoms in total. The number of aliphatic hydroxyl groups is 1. The first-order valence-electron chi connectivity index (χ1n) is 5.41. The molecule has 0 bridgehead atoms. The Morgan fingerprint density at radius 2 is 2.24 bits per heavy atom. The predicted octanol–water partition coefficient (Wildman–Crippen LogP) is 0.656. The van der Waals surface area contributed by atoms with Gasteiger partial charge in [0.2, 0.25) is 0 Å². The van der Waals surface area contributed by atoms with Crippen LogP contribution in [0.15, 0.2) is 18.3 Å². The van der Waals surface area contributed by atoms with Gasteiger partial charge in [0.25, 0.3) is 0 Å². The van der Waals surface area contributed by atoms with E-state index in [0.717, 1.165) is 0 Å². The minimum atomic E-state index is -1.18. The summed E-state index contributed by atoms with van der Waals surface area (Å²) < 4.78 is 9.79. The second-order valence-corrected chi connectivity index (χ2v) is 4.14. The molecule has 92 valence electrons. The molecule has 1 aliphatic rings. The number of ether oxygens (including phenoxy) is 2. The van der Waals surface area contributed by atoms with Crippen molar-refractivity contribution in [1.82, 2.24) is 4.98 Å². The van der Waals surface area contributed by atoms with Crippen LogP contribution >= 0.6 is 0 Å². The minimum Gasteiger partial charge on any atom is -0.495 e. The van der Waals surface area contributed by atoms with Crippen LogP contribution in [-0.4, -0.2) is 36.4 Å². The highest BCUT2D eigenvalue weighted by Crippen LogP contribution is 2.53. The van der Waals surface area contributed by atoms with Crippen molar-refractivity contribution < 1.29 is 19.4 Å². The summed E-state index contributed by atoms with van der Waals surface area (Å²) in [5, 5.41) is 10.0. The maximum atomic E-state index is 11.4. The zero-order valence-corrected chi connectivity index (χ0v) is 9.84. The molecule has 0 aliphatic heterocycles. The molecule has 1 N–H and O–H groups in total. The Morgan fingerprint density at radius 3 is 2.76 bits per heavy atom. The van der Waals surface area contributed by atoms with Crippen LogP contribution in [-0.2, 0) is 14.9 Å². The van der Waals surface area contributed by atoms with Crippen molar-refractivity contribution in [2.75, 3.05) is 14.2 Å². The van der Waals surface area contributed by atoms with Gasteiger partial charge in [0.15, 0.2) is 6.10 Å². The fourth-order valence-corrected chi connectivity index (χ4v) is 2.04. The molecule has 0 aromatic carbocycles. The monoisotopic (exact) mass is 237 g/mol. The molecular formula is C12H15NO4. The zero-order chi connectivity index (χ0) is 12.5. The van der Waals surface area contributed by atoms with E-state index in [4.69, 9.17) is 4.74 Å². The quantitative estimate of drug-likeness (QED) is 0.779. The molecule has 0 spiro atoms. The Balaban J connectivity index is 2.35. The number of nitrogens with zero attached hydrogens (tertiary/aromatic N) is 1. The first-order chi connectivity index (χ1) is 8.15. The Labute approximate surface area is 99.4 Å². The van der Waals surface area contributed by atoms with Gasteiger partial charge in [0.05, 0.1) is 25.3 Å². The molecule has 1 aromatic heterocycles. The summed E-state index contributed by atoms with van der Waals surface area (Å²) in [7, 11) is 2.80. The van der Waals surface area contributed by atoms with Gasteiger partial charge in [-0.1, -0.05) is 0 Å². The molecule has 2 rings (SSSR count). The van der Waals surface area contributed by atoms with Crippen LogP contribution in [0.1, 0.15) is 18.5 Å². The van der Waals surface area contributed by atoms with Crippen LogP contribution in [0, 0.1) is 0 Å². The predicted molar refractivity (Wildman–Crippen MR) is 59.7 cm³/mol. The topological polar surface area (TPSA) is 68.7 Å². The van der Waals surface area contributed by atoms with Crippen LogP contribution < -0.4 is 4.74 Å². The Bertz CT molecular complexity index is 428. The first kappa shape index (κ1) is 11.9. The summed E-state index contributed by atoms with van der Waals surface area (Å²) in [6.07, 6.45) is 1.85. The normalized spacial score (nSPS) is 18.3. The van der Waals surface area contributed by atoms with E-state index in [1.807, 2.05) is 0 Å². The lowest BCUT2D eigenvalue weighted by Crippen LogP contribution is -2.35. The van der Waals surface area contributed by atoms with E-state index >= 15 is 0 Å². The molecule has 0 saturated heterocycles. The standard InChI is InChI=1S/C12H15NO4/c1-16-8-4-3-7-13-9(8)12(5-6-12)10(14)11(15)17-2/h3-4,7,10,14H,5-6H2,1-2H3. The molecule has 1 unspecified atom stereocenters. The smallest absolute Gasteiger partial charge is 0.335 e.